The maximum Gasteiger partial charge on any atom is 0.363 e. The van der Waals surface area contributed by atoms with Gasteiger partial charge in [-0.1, -0.05) is 43.2 Å². The van der Waals surface area contributed by atoms with Gasteiger partial charge in [-0.05, 0) is 54.5 Å². The summed E-state index contributed by atoms with van der Waals surface area (Å²) in [6.07, 6.45) is 12.0. The van der Waals surface area contributed by atoms with Gasteiger partial charge in [0, 0.05) is 11.5 Å². The van der Waals surface area contributed by atoms with Gasteiger partial charge in [0.1, 0.15) is 4.88 Å². The summed E-state index contributed by atoms with van der Waals surface area (Å²) in [6, 6.07) is 8.34. The minimum atomic E-state index is -0.562. The molecule has 0 spiro atoms. The molecule has 1 fully saturated rings. The number of nitrogens with zero attached hydrogens (tertiary/aromatic N) is 1. The lowest BCUT2D eigenvalue weighted by atomic mass is 10.0. The molecule has 1 atom stereocenters. The van der Waals surface area contributed by atoms with Crippen LogP contribution in [-0.2, 0) is 14.3 Å². The summed E-state index contributed by atoms with van der Waals surface area (Å²) >= 11 is 1.29. The quantitative estimate of drug-likeness (QED) is 0.320. The molecule has 1 unspecified atom stereocenters. The van der Waals surface area contributed by atoms with Crippen molar-refractivity contribution in [2.75, 3.05) is 7.11 Å². The zero-order chi connectivity index (χ0) is 25.8. The number of ether oxygens (including phenoxy) is 3. The third-order valence-electron chi connectivity index (χ3n) is 6.44. The minimum absolute atomic E-state index is 0.0792. The van der Waals surface area contributed by atoms with Crippen molar-refractivity contribution in [1.82, 2.24) is 5.32 Å². The van der Waals surface area contributed by atoms with Gasteiger partial charge in [-0.25, -0.2) is 14.6 Å². The van der Waals surface area contributed by atoms with Gasteiger partial charge < -0.3 is 19.5 Å². The molecule has 0 radical (unpaired) electrons. The first kappa shape index (κ1) is 24.7. The van der Waals surface area contributed by atoms with E-state index in [1.54, 1.807) is 41.8 Å². The SMILES string of the molecule is COc1cc(/C=C2/N=C(C3=CCC(NC(=O)C4CCCC4)C=C3)OC2=O)ccc1OC(=O)c1cccs1. The Bertz CT molecular complexity index is 1330. The fourth-order valence-electron chi connectivity index (χ4n) is 4.47. The number of hydrogen-bond acceptors (Lipinski definition) is 8. The Hall–Kier alpha value is -3.98. The van der Waals surface area contributed by atoms with Crippen molar-refractivity contribution in [2.45, 2.75) is 38.1 Å². The number of hydrogen-bond donors (Lipinski definition) is 1. The summed E-state index contributed by atoms with van der Waals surface area (Å²) in [7, 11) is 1.47. The van der Waals surface area contributed by atoms with Gasteiger partial charge in [0.05, 0.1) is 13.2 Å². The monoisotopic (exact) mass is 518 g/mol. The van der Waals surface area contributed by atoms with Crippen molar-refractivity contribution in [3.63, 3.8) is 0 Å². The van der Waals surface area contributed by atoms with E-state index in [0.29, 0.717) is 28.2 Å². The summed E-state index contributed by atoms with van der Waals surface area (Å²) in [5, 5.41) is 4.88. The largest absolute Gasteiger partial charge is 0.493 e. The van der Waals surface area contributed by atoms with E-state index >= 15 is 0 Å². The molecule has 0 saturated heterocycles. The number of thiophene rings is 1. The molecule has 1 aromatic carbocycles. The first-order valence-corrected chi connectivity index (χ1v) is 13.0. The van der Waals surface area contributed by atoms with Gasteiger partial charge >= 0.3 is 11.9 Å². The summed E-state index contributed by atoms with van der Waals surface area (Å²) in [6.45, 7) is 0. The van der Waals surface area contributed by atoms with Crippen LogP contribution in [-0.4, -0.2) is 36.9 Å². The van der Waals surface area contributed by atoms with Crippen LogP contribution in [0, 0.1) is 5.92 Å². The van der Waals surface area contributed by atoms with E-state index < -0.39 is 11.9 Å². The molecule has 37 heavy (non-hydrogen) atoms. The van der Waals surface area contributed by atoms with Crippen LogP contribution >= 0.6 is 11.3 Å². The van der Waals surface area contributed by atoms with E-state index in [1.165, 1.54) is 18.4 Å². The van der Waals surface area contributed by atoms with Gasteiger partial charge in [0.25, 0.3) is 0 Å². The Morgan fingerprint density at radius 2 is 2.03 bits per heavy atom. The highest BCUT2D eigenvalue weighted by atomic mass is 32.1. The summed E-state index contributed by atoms with van der Waals surface area (Å²) < 4.78 is 16.2. The molecule has 8 nitrogen and oxygen atoms in total. The predicted molar refractivity (Wildman–Crippen MR) is 140 cm³/mol. The first-order chi connectivity index (χ1) is 18.0. The predicted octanol–water partition coefficient (Wildman–Crippen LogP) is 4.83. The van der Waals surface area contributed by atoms with Crippen molar-refractivity contribution >= 4 is 41.2 Å². The van der Waals surface area contributed by atoms with Crippen molar-refractivity contribution < 1.29 is 28.6 Å². The first-order valence-electron chi connectivity index (χ1n) is 12.2. The van der Waals surface area contributed by atoms with Crippen molar-refractivity contribution in [2.24, 2.45) is 10.9 Å². The molecular weight excluding hydrogens is 492 g/mol. The number of benzene rings is 1. The van der Waals surface area contributed by atoms with Gasteiger partial charge in [0.15, 0.2) is 17.2 Å². The average molecular weight is 519 g/mol. The molecule has 1 N–H and O–H groups in total. The Morgan fingerprint density at radius 3 is 2.73 bits per heavy atom. The minimum Gasteiger partial charge on any atom is -0.493 e. The number of carbonyl (C=O) groups excluding carboxylic acids is 3. The number of nitrogens with one attached hydrogen (secondary N) is 1. The van der Waals surface area contributed by atoms with Crippen LogP contribution in [0.4, 0.5) is 0 Å². The Kier molecular flexibility index (Phi) is 7.32. The number of cyclic esters (lactones) is 1. The molecular formula is C28H26N2O6S. The highest BCUT2D eigenvalue weighted by molar-refractivity contribution is 7.12. The Labute approximate surface area is 218 Å². The molecule has 1 aromatic heterocycles. The van der Waals surface area contributed by atoms with Crippen LogP contribution in [0.25, 0.3) is 6.08 Å². The average Bonchev–Trinajstić information content (AvgIpc) is 3.69. The Morgan fingerprint density at radius 1 is 1.19 bits per heavy atom. The normalized spacial score (nSPS) is 20.4. The fourth-order valence-corrected chi connectivity index (χ4v) is 5.07. The van der Waals surface area contributed by atoms with E-state index in [0.717, 1.165) is 25.7 Å². The van der Waals surface area contributed by atoms with Crippen molar-refractivity contribution in [3.8, 4) is 11.5 Å². The van der Waals surface area contributed by atoms with E-state index in [4.69, 9.17) is 14.2 Å². The van der Waals surface area contributed by atoms with Gasteiger partial charge in [-0.2, -0.15) is 0 Å². The van der Waals surface area contributed by atoms with Crippen LogP contribution in [0.3, 0.4) is 0 Å². The van der Waals surface area contributed by atoms with Crippen LogP contribution in [0.2, 0.25) is 0 Å². The highest BCUT2D eigenvalue weighted by Gasteiger charge is 2.28. The second-order valence-electron chi connectivity index (χ2n) is 8.96. The molecule has 3 aliphatic rings. The van der Waals surface area contributed by atoms with Crippen molar-refractivity contribution in [1.29, 1.82) is 0 Å². The molecule has 2 aliphatic carbocycles. The number of rotatable bonds is 7. The number of amides is 1. The molecule has 1 aliphatic heterocycles. The van der Waals surface area contributed by atoms with Crippen LogP contribution in [0.5, 0.6) is 11.5 Å². The number of aliphatic imine (C=N–C) groups is 1. The van der Waals surface area contributed by atoms with Crippen LogP contribution in [0.1, 0.15) is 47.3 Å². The van der Waals surface area contributed by atoms with E-state index in [-0.39, 0.29) is 35.2 Å². The van der Waals surface area contributed by atoms with E-state index in [1.807, 2.05) is 18.2 Å². The summed E-state index contributed by atoms with van der Waals surface area (Å²) in [5.41, 5.74) is 1.47. The molecule has 0 bridgehead atoms. The Balaban J connectivity index is 1.25. The summed E-state index contributed by atoms with van der Waals surface area (Å²) in [5.74, 6) is 0.0394. The maximum atomic E-state index is 12.5. The molecule has 2 heterocycles. The standard InChI is InChI=1S/C28H26N2O6S/c1-34-23-16-17(8-13-22(23)35-28(33)24-7-4-14-37-24)15-21-27(32)36-26(30-21)19-9-11-20(12-10-19)29-25(31)18-5-2-3-6-18/h4,7-11,13-16,18,20H,2-3,5-6,12H2,1H3,(H,29,31)/b21-15+. The molecule has 2 aromatic rings. The van der Waals surface area contributed by atoms with Crippen LogP contribution < -0.4 is 14.8 Å². The topological polar surface area (TPSA) is 103 Å². The zero-order valence-electron chi connectivity index (χ0n) is 20.3. The molecule has 1 amide bonds. The molecule has 5 rings (SSSR count). The van der Waals surface area contributed by atoms with Crippen molar-refractivity contribution in [3.05, 3.63) is 75.7 Å². The van der Waals surface area contributed by atoms with Gasteiger partial charge in [-0.3, -0.25) is 4.79 Å². The second kappa shape index (κ2) is 11.0. The lowest BCUT2D eigenvalue weighted by molar-refractivity contribution is -0.130. The van der Waals surface area contributed by atoms with E-state index in [9.17, 15) is 14.4 Å². The third-order valence-corrected chi connectivity index (χ3v) is 7.29. The maximum absolute atomic E-state index is 12.5. The fraction of sp³-hybridized carbons (Fsp3) is 0.286. The van der Waals surface area contributed by atoms with Gasteiger partial charge in [-0.15, -0.1) is 11.3 Å². The molecule has 1 saturated carbocycles. The smallest absolute Gasteiger partial charge is 0.363 e. The second-order valence-corrected chi connectivity index (χ2v) is 9.91. The number of methoxy groups -OCH3 is 1. The molecule has 9 heteroatoms. The molecule has 190 valence electrons. The lowest BCUT2D eigenvalue weighted by Gasteiger charge is -2.19. The lowest BCUT2D eigenvalue weighted by Crippen LogP contribution is -2.37. The number of esters is 2. The van der Waals surface area contributed by atoms with E-state index in [2.05, 4.69) is 10.3 Å². The van der Waals surface area contributed by atoms with Gasteiger partial charge in [0.2, 0.25) is 11.8 Å². The van der Waals surface area contributed by atoms with Crippen LogP contribution in [0.15, 0.2) is 70.2 Å². The zero-order valence-corrected chi connectivity index (χ0v) is 21.1. The number of carbonyl (C=O) groups is 3. The summed E-state index contributed by atoms with van der Waals surface area (Å²) in [4.78, 5) is 42.0. The third kappa shape index (κ3) is 5.72. The highest BCUT2D eigenvalue weighted by Crippen LogP contribution is 2.31.